The maximum atomic E-state index is 12.0. The SMILES string of the molecule is C[C@@H](Sc1ccccc1)C(=O)NCCCN1CCOCC1. The third-order valence-electron chi connectivity index (χ3n) is 3.48. The molecule has 1 aliphatic rings. The van der Waals surface area contributed by atoms with Crippen LogP contribution < -0.4 is 5.32 Å². The minimum absolute atomic E-state index is 0.0595. The van der Waals surface area contributed by atoms with E-state index in [2.05, 4.69) is 10.2 Å². The van der Waals surface area contributed by atoms with Crippen molar-refractivity contribution in [1.29, 1.82) is 0 Å². The highest BCUT2D eigenvalue weighted by Crippen LogP contribution is 2.22. The molecule has 4 nitrogen and oxygen atoms in total. The van der Waals surface area contributed by atoms with Gasteiger partial charge in [-0.2, -0.15) is 0 Å². The van der Waals surface area contributed by atoms with E-state index in [1.807, 2.05) is 37.3 Å². The second-order valence-corrected chi connectivity index (χ2v) is 6.59. The molecule has 5 heteroatoms. The summed E-state index contributed by atoms with van der Waals surface area (Å²) in [5, 5.41) is 2.97. The number of nitrogens with one attached hydrogen (secondary N) is 1. The van der Waals surface area contributed by atoms with Crippen LogP contribution in [0.15, 0.2) is 35.2 Å². The molecule has 1 saturated heterocycles. The van der Waals surface area contributed by atoms with Crippen molar-refractivity contribution in [2.24, 2.45) is 0 Å². The number of carbonyl (C=O) groups is 1. The number of hydrogen-bond acceptors (Lipinski definition) is 4. The zero-order chi connectivity index (χ0) is 14.9. The van der Waals surface area contributed by atoms with Gasteiger partial charge in [-0.25, -0.2) is 0 Å². The van der Waals surface area contributed by atoms with E-state index >= 15 is 0 Å². The molecule has 0 saturated carbocycles. The highest BCUT2D eigenvalue weighted by Gasteiger charge is 2.14. The molecule has 1 aromatic carbocycles. The molecule has 1 fully saturated rings. The number of rotatable bonds is 7. The Balaban J connectivity index is 1.60. The van der Waals surface area contributed by atoms with Crippen LogP contribution in [0.1, 0.15) is 13.3 Å². The summed E-state index contributed by atoms with van der Waals surface area (Å²) in [5.74, 6) is 0.117. The van der Waals surface area contributed by atoms with Crippen molar-refractivity contribution in [2.75, 3.05) is 39.4 Å². The van der Waals surface area contributed by atoms with Gasteiger partial charge in [0, 0.05) is 24.5 Å². The predicted octanol–water partition coefficient (Wildman–Crippen LogP) is 2.01. The van der Waals surface area contributed by atoms with Crippen molar-refractivity contribution in [3.63, 3.8) is 0 Å². The Bertz CT molecular complexity index is 422. The summed E-state index contributed by atoms with van der Waals surface area (Å²) < 4.78 is 5.32. The van der Waals surface area contributed by atoms with Crippen molar-refractivity contribution in [1.82, 2.24) is 10.2 Å². The molecule has 21 heavy (non-hydrogen) atoms. The monoisotopic (exact) mass is 308 g/mol. The Hall–Kier alpha value is -1.04. The zero-order valence-corrected chi connectivity index (χ0v) is 13.4. The van der Waals surface area contributed by atoms with Gasteiger partial charge >= 0.3 is 0 Å². The van der Waals surface area contributed by atoms with Crippen LogP contribution in [-0.4, -0.2) is 55.4 Å². The summed E-state index contributed by atoms with van der Waals surface area (Å²) >= 11 is 1.60. The molecule has 0 aromatic heterocycles. The van der Waals surface area contributed by atoms with Gasteiger partial charge in [-0.3, -0.25) is 9.69 Å². The molecule has 1 N–H and O–H groups in total. The minimum Gasteiger partial charge on any atom is -0.379 e. The molecule has 1 aliphatic heterocycles. The lowest BCUT2D eigenvalue weighted by Gasteiger charge is -2.26. The number of ether oxygens (including phenoxy) is 1. The lowest BCUT2D eigenvalue weighted by Crippen LogP contribution is -2.38. The van der Waals surface area contributed by atoms with E-state index in [4.69, 9.17) is 4.74 Å². The van der Waals surface area contributed by atoms with Gasteiger partial charge in [-0.15, -0.1) is 11.8 Å². The van der Waals surface area contributed by atoms with Crippen molar-refractivity contribution >= 4 is 17.7 Å². The first kappa shape index (κ1) is 16.3. The van der Waals surface area contributed by atoms with Gasteiger partial charge in [0.1, 0.15) is 0 Å². The molecule has 1 atom stereocenters. The van der Waals surface area contributed by atoms with Crippen LogP contribution in [0.25, 0.3) is 0 Å². The fourth-order valence-corrected chi connectivity index (χ4v) is 3.15. The van der Waals surface area contributed by atoms with E-state index < -0.39 is 0 Å². The third kappa shape index (κ3) is 6.08. The van der Waals surface area contributed by atoms with E-state index in [0.717, 1.165) is 50.7 Å². The Labute approximate surface area is 131 Å². The number of benzene rings is 1. The molecule has 1 heterocycles. The van der Waals surface area contributed by atoms with Gasteiger partial charge in [0.15, 0.2) is 0 Å². The first-order valence-corrected chi connectivity index (χ1v) is 8.43. The van der Waals surface area contributed by atoms with Gasteiger partial charge in [0.05, 0.1) is 18.5 Å². The predicted molar refractivity (Wildman–Crippen MR) is 86.6 cm³/mol. The first-order valence-electron chi connectivity index (χ1n) is 7.55. The second-order valence-electron chi connectivity index (χ2n) is 5.17. The largest absolute Gasteiger partial charge is 0.379 e. The first-order chi connectivity index (χ1) is 10.3. The lowest BCUT2D eigenvalue weighted by atomic mass is 10.3. The summed E-state index contributed by atoms with van der Waals surface area (Å²) in [7, 11) is 0. The summed E-state index contributed by atoms with van der Waals surface area (Å²) in [4.78, 5) is 15.6. The molecular formula is C16H24N2O2S. The molecule has 1 amide bonds. The minimum atomic E-state index is -0.0595. The summed E-state index contributed by atoms with van der Waals surface area (Å²) in [5.41, 5.74) is 0. The van der Waals surface area contributed by atoms with Gasteiger partial charge in [0.25, 0.3) is 0 Å². The molecule has 0 radical (unpaired) electrons. The maximum absolute atomic E-state index is 12.0. The van der Waals surface area contributed by atoms with E-state index in [1.54, 1.807) is 11.8 Å². The molecule has 0 bridgehead atoms. The molecule has 1 aromatic rings. The second kappa shape index (κ2) is 9.07. The number of amides is 1. The molecule has 116 valence electrons. The molecule has 2 rings (SSSR count). The van der Waals surface area contributed by atoms with Crippen LogP contribution in [0.5, 0.6) is 0 Å². The Morgan fingerprint density at radius 1 is 1.33 bits per heavy atom. The Morgan fingerprint density at radius 2 is 2.05 bits per heavy atom. The van der Waals surface area contributed by atoms with E-state index in [1.165, 1.54) is 0 Å². The third-order valence-corrected chi connectivity index (χ3v) is 4.59. The topological polar surface area (TPSA) is 41.6 Å². The fraction of sp³-hybridized carbons (Fsp3) is 0.562. The summed E-state index contributed by atoms with van der Waals surface area (Å²) in [6.07, 6.45) is 0.995. The number of nitrogens with zero attached hydrogens (tertiary/aromatic N) is 1. The standard InChI is InChI=1S/C16H24N2O2S/c1-14(21-15-6-3-2-4-7-15)16(19)17-8-5-9-18-10-12-20-13-11-18/h2-4,6-7,14H,5,8-13H2,1H3,(H,17,19)/t14-/m1/s1. The lowest BCUT2D eigenvalue weighted by molar-refractivity contribution is -0.120. The van der Waals surface area contributed by atoms with Crippen molar-refractivity contribution < 1.29 is 9.53 Å². The van der Waals surface area contributed by atoms with Gasteiger partial charge < -0.3 is 10.1 Å². The normalized spacial score (nSPS) is 17.4. The molecular weight excluding hydrogens is 284 g/mol. The van der Waals surface area contributed by atoms with E-state index in [9.17, 15) is 4.79 Å². The smallest absolute Gasteiger partial charge is 0.233 e. The fourth-order valence-electron chi connectivity index (χ4n) is 2.24. The van der Waals surface area contributed by atoms with Crippen LogP contribution >= 0.6 is 11.8 Å². The van der Waals surface area contributed by atoms with Crippen LogP contribution in [-0.2, 0) is 9.53 Å². The van der Waals surface area contributed by atoms with Crippen molar-refractivity contribution in [3.05, 3.63) is 30.3 Å². The number of carbonyl (C=O) groups excluding carboxylic acids is 1. The van der Waals surface area contributed by atoms with Crippen molar-refractivity contribution in [2.45, 2.75) is 23.5 Å². The zero-order valence-electron chi connectivity index (χ0n) is 12.6. The molecule has 0 aliphatic carbocycles. The van der Waals surface area contributed by atoms with Crippen LogP contribution in [0.3, 0.4) is 0 Å². The van der Waals surface area contributed by atoms with Gasteiger partial charge in [-0.05, 0) is 32.0 Å². The van der Waals surface area contributed by atoms with Gasteiger partial charge in [0.2, 0.25) is 5.91 Å². The van der Waals surface area contributed by atoms with Crippen LogP contribution in [0, 0.1) is 0 Å². The highest BCUT2D eigenvalue weighted by atomic mass is 32.2. The average molecular weight is 308 g/mol. The van der Waals surface area contributed by atoms with E-state index in [0.29, 0.717) is 0 Å². The summed E-state index contributed by atoms with van der Waals surface area (Å²) in [6, 6.07) is 10.0. The Kier molecular flexibility index (Phi) is 7.06. The quantitative estimate of drug-likeness (QED) is 0.618. The van der Waals surface area contributed by atoms with Crippen molar-refractivity contribution in [3.8, 4) is 0 Å². The summed E-state index contributed by atoms with van der Waals surface area (Å²) in [6.45, 7) is 7.41. The highest BCUT2D eigenvalue weighted by molar-refractivity contribution is 8.00. The van der Waals surface area contributed by atoms with Gasteiger partial charge in [-0.1, -0.05) is 18.2 Å². The van der Waals surface area contributed by atoms with Crippen LogP contribution in [0.2, 0.25) is 0 Å². The van der Waals surface area contributed by atoms with E-state index in [-0.39, 0.29) is 11.2 Å². The average Bonchev–Trinajstić information content (AvgIpc) is 2.53. The number of morpholine rings is 1. The number of hydrogen-bond donors (Lipinski definition) is 1. The van der Waals surface area contributed by atoms with Crippen LogP contribution in [0.4, 0.5) is 0 Å². The maximum Gasteiger partial charge on any atom is 0.233 e. The molecule has 0 spiro atoms. The molecule has 0 unspecified atom stereocenters. The number of thioether (sulfide) groups is 1. The Morgan fingerprint density at radius 3 is 2.76 bits per heavy atom.